The van der Waals surface area contributed by atoms with Crippen molar-refractivity contribution in [3.63, 3.8) is 0 Å². The molecule has 0 aliphatic carbocycles. The molecule has 112 valence electrons. The number of para-hydroxylation sites is 1. The van der Waals surface area contributed by atoms with Crippen LogP contribution in [-0.2, 0) is 4.79 Å². The number of carbonyl (C=O) groups is 1. The standard InChI is InChI=1S/C15H13N3O2S2/c19-13(20)8-10-22-15-17-16-14(12-7-4-9-21-12)18(15)11-5-2-1-3-6-11/h1-7,9H,8,10H2,(H,19,20). The topological polar surface area (TPSA) is 68.0 Å². The van der Waals surface area contributed by atoms with Crippen LogP contribution in [-0.4, -0.2) is 31.6 Å². The summed E-state index contributed by atoms with van der Waals surface area (Å²) in [6, 6.07) is 13.8. The summed E-state index contributed by atoms with van der Waals surface area (Å²) < 4.78 is 1.97. The van der Waals surface area contributed by atoms with Gasteiger partial charge in [-0.15, -0.1) is 21.5 Å². The molecule has 2 aromatic heterocycles. The lowest BCUT2D eigenvalue weighted by atomic mass is 10.3. The lowest BCUT2D eigenvalue weighted by Crippen LogP contribution is -2.01. The van der Waals surface area contributed by atoms with Crippen molar-refractivity contribution in [1.82, 2.24) is 14.8 Å². The molecule has 7 heteroatoms. The molecular weight excluding hydrogens is 318 g/mol. The van der Waals surface area contributed by atoms with Crippen LogP contribution in [0.1, 0.15) is 6.42 Å². The lowest BCUT2D eigenvalue weighted by molar-refractivity contribution is -0.136. The highest BCUT2D eigenvalue weighted by molar-refractivity contribution is 7.99. The van der Waals surface area contributed by atoms with Gasteiger partial charge in [0.25, 0.3) is 0 Å². The van der Waals surface area contributed by atoms with Crippen molar-refractivity contribution in [3.8, 4) is 16.4 Å². The minimum absolute atomic E-state index is 0.0979. The predicted molar refractivity (Wildman–Crippen MR) is 87.6 cm³/mol. The first kappa shape index (κ1) is 14.8. The van der Waals surface area contributed by atoms with E-state index in [0.717, 1.165) is 16.4 Å². The number of aliphatic carboxylic acids is 1. The third-order valence-corrected chi connectivity index (χ3v) is 4.73. The summed E-state index contributed by atoms with van der Waals surface area (Å²) in [6.45, 7) is 0. The summed E-state index contributed by atoms with van der Waals surface area (Å²) in [7, 11) is 0. The molecule has 3 aromatic rings. The van der Waals surface area contributed by atoms with Crippen molar-refractivity contribution >= 4 is 29.1 Å². The minimum Gasteiger partial charge on any atom is -0.481 e. The fraction of sp³-hybridized carbons (Fsp3) is 0.133. The van der Waals surface area contributed by atoms with E-state index < -0.39 is 5.97 Å². The number of hydrogen-bond acceptors (Lipinski definition) is 5. The molecule has 22 heavy (non-hydrogen) atoms. The molecule has 5 nitrogen and oxygen atoms in total. The zero-order valence-electron chi connectivity index (χ0n) is 11.5. The monoisotopic (exact) mass is 331 g/mol. The Bertz CT molecular complexity index is 754. The van der Waals surface area contributed by atoms with Gasteiger partial charge in [0.2, 0.25) is 0 Å². The molecule has 3 rings (SSSR count). The molecule has 2 heterocycles. The van der Waals surface area contributed by atoms with Crippen molar-refractivity contribution in [2.45, 2.75) is 11.6 Å². The molecule has 0 bridgehead atoms. The number of aromatic nitrogens is 3. The molecule has 0 aliphatic heterocycles. The van der Waals surface area contributed by atoms with Gasteiger partial charge in [0.1, 0.15) is 0 Å². The fourth-order valence-corrected chi connectivity index (χ4v) is 3.55. The Morgan fingerprint density at radius 3 is 2.68 bits per heavy atom. The molecule has 0 aliphatic rings. The number of carboxylic acid groups (broad SMARTS) is 1. The van der Waals surface area contributed by atoms with Crippen molar-refractivity contribution in [3.05, 3.63) is 47.8 Å². The van der Waals surface area contributed by atoms with E-state index in [9.17, 15) is 4.79 Å². The van der Waals surface area contributed by atoms with Crippen LogP contribution < -0.4 is 0 Å². The van der Waals surface area contributed by atoms with E-state index in [4.69, 9.17) is 5.11 Å². The average Bonchev–Trinajstić information content (AvgIpc) is 3.16. The Labute approximate surface area is 135 Å². The number of benzene rings is 1. The van der Waals surface area contributed by atoms with Gasteiger partial charge in [0.15, 0.2) is 11.0 Å². The predicted octanol–water partition coefficient (Wildman–Crippen LogP) is 3.56. The van der Waals surface area contributed by atoms with Gasteiger partial charge in [-0.25, -0.2) is 0 Å². The summed E-state index contributed by atoms with van der Waals surface area (Å²) in [5, 5.41) is 20.0. The maximum absolute atomic E-state index is 10.7. The van der Waals surface area contributed by atoms with E-state index in [1.165, 1.54) is 11.8 Å². The number of thioether (sulfide) groups is 1. The lowest BCUT2D eigenvalue weighted by Gasteiger charge is -2.08. The Hall–Kier alpha value is -2.12. The van der Waals surface area contributed by atoms with Crippen LogP contribution >= 0.6 is 23.1 Å². The maximum atomic E-state index is 10.7. The van der Waals surface area contributed by atoms with Crippen LogP contribution in [0, 0.1) is 0 Å². The van der Waals surface area contributed by atoms with Crippen LogP contribution in [0.4, 0.5) is 0 Å². The van der Waals surface area contributed by atoms with E-state index in [2.05, 4.69) is 10.2 Å². The zero-order chi connectivity index (χ0) is 15.4. The van der Waals surface area contributed by atoms with E-state index in [1.807, 2.05) is 52.4 Å². The summed E-state index contributed by atoms with van der Waals surface area (Å²) in [5.74, 6) is 0.431. The van der Waals surface area contributed by atoms with Crippen molar-refractivity contribution in [2.24, 2.45) is 0 Å². The van der Waals surface area contributed by atoms with E-state index in [0.29, 0.717) is 10.9 Å². The Balaban J connectivity index is 1.98. The van der Waals surface area contributed by atoms with Crippen molar-refractivity contribution < 1.29 is 9.90 Å². The zero-order valence-corrected chi connectivity index (χ0v) is 13.2. The Morgan fingerprint density at radius 1 is 1.18 bits per heavy atom. The summed E-state index contributed by atoms with van der Waals surface area (Å²) >= 11 is 3.00. The van der Waals surface area contributed by atoms with Gasteiger partial charge >= 0.3 is 5.97 Å². The first-order valence-electron chi connectivity index (χ1n) is 6.65. The number of nitrogens with zero attached hydrogens (tertiary/aromatic N) is 3. The third-order valence-electron chi connectivity index (χ3n) is 2.94. The van der Waals surface area contributed by atoms with Crippen LogP contribution in [0.5, 0.6) is 0 Å². The second-order valence-electron chi connectivity index (χ2n) is 4.45. The highest BCUT2D eigenvalue weighted by atomic mass is 32.2. The molecular formula is C15H13N3O2S2. The molecule has 0 unspecified atom stereocenters. The van der Waals surface area contributed by atoms with Gasteiger partial charge in [-0.05, 0) is 23.6 Å². The largest absolute Gasteiger partial charge is 0.481 e. The number of carboxylic acids is 1. The number of hydrogen-bond donors (Lipinski definition) is 1. The number of rotatable bonds is 6. The molecule has 0 saturated heterocycles. The van der Waals surface area contributed by atoms with Crippen LogP contribution in [0.2, 0.25) is 0 Å². The second kappa shape index (κ2) is 6.76. The third kappa shape index (κ3) is 3.20. The molecule has 0 spiro atoms. The quantitative estimate of drug-likeness (QED) is 0.700. The van der Waals surface area contributed by atoms with Gasteiger partial charge in [-0.1, -0.05) is 36.0 Å². The van der Waals surface area contributed by atoms with E-state index >= 15 is 0 Å². The van der Waals surface area contributed by atoms with Crippen molar-refractivity contribution in [1.29, 1.82) is 0 Å². The van der Waals surface area contributed by atoms with Crippen LogP contribution in [0.25, 0.3) is 16.4 Å². The minimum atomic E-state index is -0.809. The Kier molecular flexibility index (Phi) is 4.55. The van der Waals surface area contributed by atoms with Crippen LogP contribution in [0.3, 0.4) is 0 Å². The summed E-state index contributed by atoms with van der Waals surface area (Å²) in [4.78, 5) is 11.7. The average molecular weight is 331 g/mol. The van der Waals surface area contributed by atoms with Gasteiger partial charge in [-0.3, -0.25) is 9.36 Å². The van der Waals surface area contributed by atoms with Crippen LogP contribution in [0.15, 0.2) is 53.0 Å². The van der Waals surface area contributed by atoms with Gasteiger partial charge in [0.05, 0.1) is 11.3 Å². The van der Waals surface area contributed by atoms with Crippen molar-refractivity contribution in [2.75, 3.05) is 5.75 Å². The normalized spacial score (nSPS) is 10.7. The Morgan fingerprint density at radius 2 is 2.00 bits per heavy atom. The molecule has 0 radical (unpaired) electrons. The first-order valence-corrected chi connectivity index (χ1v) is 8.51. The molecule has 0 amide bonds. The smallest absolute Gasteiger partial charge is 0.304 e. The highest BCUT2D eigenvalue weighted by Crippen LogP contribution is 2.30. The first-order chi connectivity index (χ1) is 10.8. The molecule has 0 atom stereocenters. The molecule has 1 N–H and O–H groups in total. The summed E-state index contributed by atoms with van der Waals surface area (Å²) in [6.07, 6.45) is 0.0979. The van der Waals surface area contributed by atoms with E-state index in [-0.39, 0.29) is 6.42 Å². The SMILES string of the molecule is O=C(O)CCSc1nnc(-c2cccs2)n1-c1ccccc1. The summed E-state index contributed by atoms with van der Waals surface area (Å²) in [5.41, 5.74) is 0.966. The number of thiophene rings is 1. The maximum Gasteiger partial charge on any atom is 0.304 e. The van der Waals surface area contributed by atoms with Gasteiger partial charge < -0.3 is 5.11 Å². The molecule has 1 aromatic carbocycles. The fourth-order valence-electron chi connectivity index (χ4n) is 1.97. The molecule has 0 saturated carbocycles. The highest BCUT2D eigenvalue weighted by Gasteiger charge is 2.16. The van der Waals surface area contributed by atoms with Gasteiger partial charge in [0, 0.05) is 11.4 Å². The second-order valence-corrected chi connectivity index (χ2v) is 6.46. The van der Waals surface area contributed by atoms with Gasteiger partial charge in [-0.2, -0.15) is 0 Å². The van der Waals surface area contributed by atoms with E-state index in [1.54, 1.807) is 11.3 Å². The molecule has 0 fully saturated rings.